The first-order chi connectivity index (χ1) is 14.0. The molecule has 2 aromatic carbocycles. The fraction of sp³-hybridized carbons (Fsp3) is 0.150. The van der Waals surface area contributed by atoms with Gasteiger partial charge < -0.3 is 14.8 Å². The summed E-state index contributed by atoms with van der Waals surface area (Å²) in [5.74, 6) is 0.910. The van der Waals surface area contributed by atoms with E-state index in [0.29, 0.717) is 31.4 Å². The van der Waals surface area contributed by atoms with Crippen molar-refractivity contribution in [1.82, 2.24) is 4.90 Å². The van der Waals surface area contributed by atoms with E-state index in [0.717, 1.165) is 5.56 Å². The Labute approximate surface area is 181 Å². The maximum Gasteiger partial charge on any atom is 0.266 e. The number of nitrogens with one attached hydrogen (secondary N) is 1. The number of amides is 2. The molecule has 0 aliphatic carbocycles. The molecule has 6 nitrogen and oxygen atoms in total. The number of thiocarbonyl (C=S) groups is 1. The smallest absolute Gasteiger partial charge is 0.266 e. The van der Waals surface area contributed by atoms with Crippen molar-refractivity contribution in [3.8, 4) is 11.5 Å². The molecule has 1 N–H and O–H groups in total. The molecule has 2 aromatic rings. The Bertz CT molecular complexity index is 1020. The maximum absolute atomic E-state index is 12.7. The molecule has 2 aliphatic rings. The van der Waals surface area contributed by atoms with Crippen LogP contribution in [-0.4, -0.2) is 34.4 Å². The van der Waals surface area contributed by atoms with Gasteiger partial charge in [0.1, 0.15) is 4.32 Å². The summed E-state index contributed by atoms with van der Waals surface area (Å²) in [5.41, 5.74) is 1.46. The summed E-state index contributed by atoms with van der Waals surface area (Å²) >= 11 is 12.4. The molecule has 0 spiro atoms. The number of benzene rings is 2. The molecule has 1 fully saturated rings. The molecule has 2 heterocycles. The normalized spacial score (nSPS) is 16.6. The van der Waals surface area contributed by atoms with Crippen LogP contribution in [0.4, 0.5) is 5.69 Å². The van der Waals surface area contributed by atoms with Gasteiger partial charge in [-0.15, -0.1) is 0 Å². The fourth-order valence-corrected chi connectivity index (χ4v) is 4.25. The van der Waals surface area contributed by atoms with Crippen molar-refractivity contribution in [2.24, 2.45) is 0 Å². The van der Waals surface area contributed by atoms with Crippen molar-refractivity contribution in [2.75, 3.05) is 18.7 Å². The number of rotatable bonds is 5. The summed E-state index contributed by atoms with van der Waals surface area (Å²) in [6, 6.07) is 12.3. The van der Waals surface area contributed by atoms with Crippen LogP contribution in [0.25, 0.3) is 6.08 Å². The van der Waals surface area contributed by atoms with Gasteiger partial charge in [0.2, 0.25) is 12.7 Å². The molecule has 0 unspecified atom stereocenters. The SMILES string of the molecule is O=C(CCN1C(=O)C(=Cc2ccc3c(c2)OCO3)SC1=S)Nc1ccc(Cl)cc1. The Morgan fingerprint density at radius 1 is 1.21 bits per heavy atom. The van der Waals surface area contributed by atoms with E-state index >= 15 is 0 Å². The lowest BCUT2D eigenvalue weighted by atomic mass is 10.2. The fourth-order valence-electron chi connectivity index (χ4n) is 2.82. The minimum Gasteiger partial charge on any atom is -0.454 e. The number of thioether (sulfide) groups is 1. The molecule has 9 heteroatoms. The van der Waals surface area contributed by atoms with Crippen LogP contribution in [0, 0.1) is 0 Å². The molecule has 148 valence electrons. The van der Waals surface area contributed by atoms with Crippen LogP contribution < -0.4 is 14.8 Å². The zero-order valence-corrected chi connectivity index (χ0v) is 17.4. The lowest BCUT2D eigenvalue weighted by Crippen LogP contribution is -2.31. The van der Waals surface area contributed by atoms with Gasteiger partial charge in [0.05, 0.1) is 4.91 Å². The molecule has 4 rings (SSSR count). The molecular weight excluding hydrogens is 432 g/mol. The minimum atomic E-state index is -0.211. The van der Waals surface area contributed by atoms with Gasteiger partial charge in [-0.3, -0.25) is 14.5 Å². The van der Waals surface area contributed by atoms with Gasteiger partial charge in [-0.05, 0) is 48.0 Å². The van der Waals surface area contributed by atoms with Crippen molar-refractivity contribution >= 4 is 63.5 Å². The number of ether oxygens (including phenoxy) is 2. The van der Waals surface area contributed by atoms with Crippen molar-refractivity contribution in [2.45, 2.75) is 6.42 Å². The van der Waals surface area contributed by atoms with E-state index in [1.807, 2.05) is 12.1 Å². The molecule has 0 bridgehead atoms. The van der Waals surface area contributed by atoms with Crippen LogP contribution in [0.1, 0.15) is 12.0 Å². The number of carbonyl (C=O) groups is 2. The first-order valence-electron chi connectivity index (χ1n) is 8.70. The molecule has 1 saturated heterocycles. The van der Waals surface area contributed by atoms with Gasteiger partial charge in [-0.1, -0.05) is 41.6 Å². The van der Waals surface area contributed by atoms with Crippen LogP contribution in [0.2, 0.25) is 5.02 Å². The third-order valence-electron chi connectivity index (χ3n) is 4.26. The van der Waals surface area contributed by atoms with E-state index < -0.39 is 0 Å². The molecule has 2 amide bonds. The number of nitrogens with zero attached hydrogens (tertiary/aromatic N) is 1. The largest absolute Gasteiger partial charge is 0.454 e. The number of halogens is 1. The molecular formula is C20H15ClN2O4S2. The average molecular weight is 447 g/mol. The summed E-state index contributed by atoms with van der Waals surface area (Å²) in [4.78, 5) is 26.8. The van der Waals surface area contributed by atoms with E-state index in [1.54, 1.807) is 36.4 Å². The molecule has 2 aliphatic heterocycles. The average Bonchev–Trinajstić information content (AvgIpc) is 3.26. The molecule has 0 aromatic heterocycles. The number of fused-ring (bicyclic) bond motifs is 1. The highest BCUT2D eigenvalue weighted by Gasteiger charge is 2.32. The van der Waals surface area contributed by atoms with Crippen molar-refractivity contribution in [3.05, 3.63) is 58.0 Å². The quantitative estimate of drug-likeness (QED) is 0.545. The molecule has 0 saturated carbocycles. The summed E-state index contributed by atoms with van der Waals surface area (Å²) in [5, 5.41) is 3.36. The summed E-state index contributed by atoms with van der Waals surface area (Å²) in [7, 11) is 0. The zero-order chi connectivity index (χ0) is 20.4. The predicted molar refractivity (Wildman–Crippen MR) is 117 cm³/mol. The van der Waals surface area contributed by atoms with Crippen molar-refractivity contribution < 1.29 is 19.1 Å². The second-order valence-electron chi connectivity index (χ2n) is 6.25. The monoisotopic (exact) mass is 446 g/mol. The topological polar surface area (TPSA) is 67.9 Å². The predicted octanol–water partition coefficient (Wildman–Crippen LogP) is 4.30. The van der Waals surface area contributed by atoms with Gasteiger partial charge in [0.15, 0.2) is 11.5 Å². The van der Waals surface area contributed by atoms with Gasteiger partial charge >= 0.3 is 0 Å². The summed E-state index contributed by atoms with van der Waals surface area (Å²) in [6.45, 7) is 0.404. The third-order valence-corrected chi connectivity index (χ3v) is 5.89. The Morgan fingerprint density at radius 3 is 2.76 bits per heavy atom. The van der Waals surface area contributed by atoms with Crippen LogP contribution in [0.3, 0.4) is 0 Å². The number of hydrogen-bond donors (Lipinski definition) is 1. The third kappa shape index (κ3) is 4.55. The highest BCUT2D eigenvalue weighted by atomic mass is 35.5. The molecule has 0 atom stereocenters. The highest BCUT2D eigenvalue weighted by Crippen LogP contribution is 2.36. The summed E-state index contributed by atoms with van der Waals surface area (Å²) in [6.07, 6.45) is 1.89. The van der Waals surface area contributed by atoms with E-state index in [-0.39, 0.29) is 31.6 Å². The van der Waals surface area contributed by atoms with Crippen molar-refractivity contribution in [1.29, 1.82) is 0 Å². The van der Waals surface area contributed by atoms with Gasteiger partial charge in [0.25, 0.3) is 5.91 Å². The Kier molecular flexibility index (Phi) is 5.75. The number of carbonyl (C=O) groups excluding carboxylic acids is 2. The van der Waals surface area contributed by atoms with Gasteiger partial charge in [-0.2, -0.15) is 0 Å². The lowest BCUT2D eigenvalue weighted by molar-refractivity contribution is -0.122. The van der Waals surface area contributed by atoms with Crippen molar-refractivity contribution in [3.63, 3.8) is 0 Å². The standard InChI is InChI=1S/C20H15ClN2O4S2/c21-13-2-4-14(5-3-13)22-18(24)7-8-23-19(25)17(29-20(23)28)10-12-1-6-15-16(9-12)27-11-26-15/h1-6,9-10H,7-8,11H2,(H,22,24). The van der Waals surface area contributed by atoms with Gasteiger partial charge in [-0.25, -0.2) is 0 Å². The van der Waals surface area contributed by atoms with E-state index in [9.17, 15) is 9.59 Å². The second-order valence-corrected chi connectivity index (χ2v) is 8.36. The Morgan fingerprint density at radius 2 is 1.97 bits per heavy atom. The number of hydrogen-bond acceptors (Lipinski definition) is 6. The first kappa shape index (κ1) is 19.8. The van der Waals surface area contributed by atoms with E-state index in [4.69, 9.17) is 33.3 Å². The van der Waals surface area contributed by atoms with Crippen LogP contribution in [-0.2, 0) is 9.59 Å². The molecule has 0 radical (unpaired) electrons. The maximum atomic E-state index is 12.7. The summed E-state index contributed by atoms with van der Waals surface area (Å²) < 4.78 is 11.1. The Balaban J connectivity index is 1.38. The lowest BCUT2D eigenvalue weighted by Gasteiger charge is -2.14. The zero-order valence-electron chi connectivity index (χ0n) is 15.0. The van der Waals surface area contributed by atoms with E-state index in [2.05, 4.69) is 5.32 Å². The van der Waals surface area contributed by atoms with Crippen LogP contribution in [0.15, 0.2) is 47.4 Å². The van der Waals surface area contributed by atoms with Crippen LogP contribution >= 0.6 is 35.6 Å². The minimum absolute atomic E-state index is 0.131. The van der Waals surface area contributed by atoms with E-state index in [1.165, 1.54) is 16.7 Å². The second kappa shape index (κ2) is 8.44. The van der Waals surface area contributed by atoms with Gasteiger partial charge in [0, 0.05) is 23.7 Å². The number of anilines is 1. The highest BCUT2D eigenvalue weighted by molar-refractivity contribution is 8.26. The molecule has 29 heavy (non-hydrogen) atoms. The van der Waals surface area contributed by atoms with Crippen LogP contribution in [0.5, 0.6) is 11.5 Å². The first-order valence-corrected chi connectivity index (χ1v) is 10.3. The Hall–Kier alpha value is -2.55.